The average Bonchev–Trinajstić information content (AvgIpc) is 2.74. The molecule has 1 nitrogen and oxygen atoms in total. The lowest BCUT2D eigenvalue weighted by atomic mass is 10.0. The normalized spacial score (nSPS) is 19.1. The zero-order valence-corrected chi connectivity index (χ0v) is 11.0. The molecule has 1 N–H and O–H groups in total. The van der Waals surface area contributed by atoms with Gasteiger partial charge in [-0.25, -0.2) is 0 Å². The van der Waals surface area contributed by atoms with Crippen LogP contribution in [0.2, 0.25) is 0 Å². The maximum absolute atomic E-state index is 3.69. The van der Waals surface area contributed by atoms with Crippen molar-refractivity contribution in [3.05, 3.63) is 29.8 Å². The van der Waals surface area contributed by atoms with Gasteiger partial charge in [-0.1, -0.05) is 32.0 Å². The zero-order valence-electron chi connectivity index (χ0n) is 10.2. The Kier molecular flexibility index (Phi) is 4.30. The Morgan fingerprint density at radius 1 is 1.31 bits per heavy atom. The molecule has 0 aliphatic carbocycles. The van der Waals surface area contributed by atoms with Crippen molar-refractivity contribution in [2.45, 2.75) is 43.5 Å². The first-order valence-corrected chi connectivity index (χ1v) is 7.28. The molecule has 2 heteroatoms. The first-order valence-electron chi connectivity index (χ1n) is 6.30. The van der Waals surface area contributed by atoms with Crippen LogP contribution in [0.4, 0.5) is 0 Å². The van der Waals surface area contributed by atoms with E-state index in [0.29, 0.717) is 12.0 Å². The van der Waals surface area contributed by atoms with Crippen molar-refractivity contribution in [1.82, 2.24) is 5.32 Å². The van der Waals surface area contributed by atoms with E-state index >= 15 is 0 Å². The summed E-state index contributed by atoms with van der Waals surface area (Å²) in [6, 6.07) is 9.53. The van der Waals surface area contributed by atoms with Gasteiger partial charge in [0.25, 0.3) is 0 Å². The van der Waals surface area contributed by atoms with Gasteiger partial charge < -0.3 is 5.32 Å². The Bertz CT molecular complexity index is 333. The van der Waals surface area contributed by atoms with E-state index in [1.807, 2.05) is 11.8 Å². The molecule has 1 unspecified atom stereocenters. The topological polar surface area (TPSA) is 12.0 Å². The molecule has 16 heavy (non-hydrogen) atoms. The highest BCUT2D eigenvalue weighted by molar-refractivity contribution is 7.99. The molecule has 0 saturated carbocycles. The van der Waals surface area contributed by atoms with Gasteiger partial charge >= 0.3 is 0 Å². The van der Waals surface area contributed by atoms with Gasteiger partial charge in [-0.2, -0.15) is 0 Å². The maximum atomic E-state index is 3.69. The molecule has 0 aromatic heterocycles. The summed E-state index contributed by atoms with van der Waals surface area (Å²) in [6.45, 7) is 5.66. The monoisotopic (exact) mass is 235 g/mol. The Morgan fingerprint density at radius 3 is 2.81 bits per heavy atom. The number of hydrogen-bond donors (Lipinski definition) is 1. The van der Waals surface area contributed by atoms with E-state index in [2.05, 4.69) is 43.4 Å². The number of hydrogen-bond acceptors (Lipinski definition) is 2. The van der Waals surface area contributed by atoms with E-state index in [4.69, 9.17) is 0 Å². The van der Waals surface area contributed by atoms with E-state index in [1.165, 1.54) is 23.5 Å². The van der Waals surface area contributed by atoms with E-state index in [1.54, 1.807) is 5.56 Å². The van der Waals surface area contributed by atoms with Crippen molar-refractivity contribution >= 4 is 11.8 Å². The third kappa shape index (κ3) is 2.61. The van der Waals surface area contributed by atoms with Crippen LogP contribution in [-0.4, -0.2) is 18.3 Å². The Balaban J connectivity index is 1.93. The van der Waals surface area contributed by atoms with Crippen LogP contribution in [0.5, 0.6) is 0 Å². The SMILES string of the molecule is CCC(CC)NCC1CSc2ccccc21. The predicted octanol–water partition coefficient (Wildman–Crippen LogP) is 3.65. The van der Waals surface area contributed by atoms with Crippen LogP contribution in [0.15, 0.2) is 29.2 Å². The molecule has 88 valence electrons. The van der Waals surface area contributed by atoms with Gasteiger partial charge in [0.1, 0.15) is 0 Å². The number of thioether (sulfide) groups is 1. The van der Waals surface area contributed by atoms with Crippen molar-refractivity contribution in [2.75, 3.05) is 12.3 Å². The van der Waals surface area contributed by atoms with Gasteiger partial charge in [0.2, 0.25) is 0 Å². The quantitative estimate of drug-likeness (QED) is 0.836. The van der Waals surface area contributed by atoms with Crippen molar-refractivity contribution in [3.8, 4) is 0 Å². The maximum Gasteiger partial charge on any atom is 0.0108 e. The Labute approximate surface area is 103 Å². The second kappa shape index (κ2) is 5.74. The molecule has 1 aliphatic rings. The molecule has 0 bridgehead atoms. The second-order valence-electron chi connectivity index (χ2n) is 4.47. The van der Waals surface area contributed by atoms with Crippen molar-refractivity contribution in [1.29, 1.82) is 0 Å². The molecule has 0 radical (unpaired) electrons. The van der Waals surface area contributed by atoms with Gasteiger partial charge in [0.05, 0.1) is 0 Å². The average molecular weight is 235 g/mol. The number of benzene rings is 1. The molecule has 1 heterocycles. The highest BCUT2D eigenvalue weighted by Gasteiger charge is 2.22. The molecule has 1 aromatic carbocycles. The van der Waals surface area contributed by atoms with Crippen LogP contribution < -0.4 is 5.32 Å². The second-order valence-corrected chi connectivity index (χ2v) is 5.53. The highest BCUT2D eigenvalue weighted by Crippen LogP contribution is 2.38. The van der Waals surface area contributed by atoms with Gasteiger partial charge in [-0.3, -0.25) is 0 Å². The minimum atomic E-state index is 0.692. The van der Waals surface area contributed by atoms with Crippen LogP contribution >= 0.6 is 11.8 Å². The smallest absolute Gasteiger partial charge is 0.0108 e. The number of rotatable bonds is 5. The largest absolute Gasteiger partial charge is 0.313 e. The van der Waals surface area contributed by atoms with E-state index in [9.17, 15) is 0 Å². The summed E-state index contributed by atoms with van der Waals surface area (Å²) in [6.07, 6.45) is 2.47. The summed E-state index contributed by atoms with van der Waals surface area (Å²) >= 11 is 2.00. The van der Waals surface area contributed by atoms with Gasteiger partial charge in [-0.15, -0.1) is 11.8 Å². The summed E-state index contributed by atoms with van der Waals surface area (Å²) in [5.74, 6) is 1.95. The minimum Gasteiger partial charge on any atom is -0.313 e. The van der Waals surface area contributed by atoms with Crippen LogP contribution in [0.3, 0.4) is 0 Å². The fourth-order valence-corrected chi connectivity index (χ4v) is 3.54. The molecule has 0 saturated heterocycles. The molecule has 1 atom stereocenters. The predicted molar refractivity (Wildman–Crippen MR) is 72.3 cm³/mol. The lowest BCUT2D eigenvalue weighted by Crippen LogP contribution is -2.31. The van der Waals surface area contributed by atoms with E-state index in [-0.39, 0.29) is 0 Å². The van der Waals surface area contributed by atoms with E-state index < -0.39 is 0 Å². The number of nitrogens with one attached hydrogen (secondary N) is 1. The molecule has 0 fully saturated rings. The van der Waals surface area contributed by atoms with Crippen LogP contribution in [0.1, 0.15) is 38.2 Å². The molecule has 2 rings (SSSR count). The van der Waals surface area contributed by atoms with Crippen molar-refractivity contribution < 1.29 is 0 Å². The first-order chi connectivity index (χ1) is 7.85. The summed E-state index contributed by atoms with van der Waals surface area (Å²) in [5.41, 5.74) is 1.55. The Morgan fingerprint density at radius 2 is 2.06 bits per heavy atom. The summed E-state index contributed by atoms with van der Waals surface area (Å²) in [7, 11) is 0. The molecule has 1 aromatic rings. The number of fused-ring (bicyclic) bond motifs is 1. The molecular formula is C14H21NS. The van der Waals surface area contributed by atoms with Gasteiger partial charge in [0.15, 0.2) is 0 Å². The van der Waals surface area contributed by atoms with Crippen LogP contribution in [-0.2, 0) is 0 Å². The first kappa shape index (κ1) is 12.0. The molecule has 0 amide bonds. The summed E-state index contributed by atoms with van der Waals surface area (Å²) < 4.78 is 0. The fourth-order valence-electron chi connectivity index (χ4n) is 2.28. The summed E-state index contributed by atoms with van der Waals surface area (Å²) in [5, 5.41) is 3.69. The molecular weight excluding hydrogens is 214 g/mol. The minimum absolute atomic E-state index is 0.692. The highest BCUT2D eigenvalue weighted by atomic mass is 32.2. The summed E-state index contributed by atoms with van der Waals surface area (Å²) in [4.78, 5) is 1.49. The Hall–Kier alpha value is -0.470. The van der Waals surface area contributed by atoms with Crippen LogP contribution in [0, 0.1) is 0 Å². The van der Waals surface area contributed by atoms with Crippen molar-refractivity contribution in [2.24, 2.45) is 0 Å². The standard InChI is InChI=1S/C14H21NS/c1-3-12(4-2)15-9-11-10-16-14-8-6-5-7-13(11)14/h5-8,11-12,15H,3-4,9-10H2,1-2H3. The molecule has 0 spiro atoms. The van der Waals surface area contributed by atoms with Gasteiger partial charge in [-0.05, 0) is 24.5 Å². The van der Waals surface area contributed by atoms with Crippen LogP contribution in [0.25, 0.3) is 0 Å². The third-order valence-electron chi connectivity index (χ3n) is 3.44. The molecule has 1 aliphatic heterocycles. The van der Waals surface area contributed by atoms with Gasteiger partial charge in [0, 0.05) is 29.2 Å². The third-order valence-corrected chi connectivity index (χ3v) is 4.69. The lowest BCUT2D eigenvalue weighted by Gasteiger charge is -2.18. The lowest BCUT2D eigenvalue weighted by molar-refractivity contribution is 0.469. The van der Waals surface area contributed by atoms with Crippen molar-refractivity contribution in [3.63, 3.8) is 0 Å². The zero-order chi connectivity index (χ0) is 11.4. The van der Waals surface area contributed by atoms with E-state index in [0.717, 1.165) is 6.54 Å². The fraction of sp³-hybridized carbons (Fsp3) is 0.571.